The van der Waals surface area contributed by atoms with Gasteiger partial charge in [0.2, 0.25) is 11.7 Å². The summed E-state index contributed by atoms with van der Waals surface area (Å²) in [4.78, 5) is 38.1. The highest BCUT2D eigenvalue weighted by Crippen LogP contribution is 2.36. The Morgan fingerprint density at radius 2 is 1.84 bits per heavy atom. The fourth-order valence-electron chi connectivity index (χ4n) is 4.82. The third kappa shape index (κ3) is 8.35. The van der Waals surface area contributed by atoms with E-state index in [9.17, 15) is 9.59 Å². The molecule has 0 unspecified atom stereocenters. The van der Waals surface area contributed by atoms with Gasteiger partial charge in [-0.1, -0.05) is 38.4 Å². The summed E-state index contributed by atoms with van der Waals surface area (Å²) in [6.07, 6.45) is 3.18. The smallest absolute Gasteiger partial charge is 0.287 e. The molecule has 1 aliphatic rings. The predicted molar refractivity (Wildman–Crippen MR) is 173 cm³/mol. The predicted octanol–water partition coefficient (Wildman–Crippen LogP) is 5.73. The summed E-state index contributed by atoms with van der Waals surface area (Å²) in [5.41, 5.74) is 1.15. The minimum Gasteiger partial charge on any atom is -0.489 e. The van der Waals surface area contributed by atoms with Gasteiger partial charge in [-0.2, -0.15) is 0 Å². The van der Waals surface area contributed by atoms with Gasteiger partial charge < -0.3 is 29.3 Å². The lowest BCUT2D eigenvalue weighted by molar-refractivity contribution is -0.116. The number of ether oxygens (including phenoxy) is 1. The minimum absolute atomic E-state index is 0.0334. The number of amides is 2. The quantitative estimate of drug-likeness (QED) is 0.206. The molecule has 0 bridgehead atoms. The first kappa shape index (κ1) is 32.9. The Morgan fingerprint density at radius 3 is 2.47 bits per heavy atom. The van der Waals surface area contributed by atoms with E-state index in [1.165, 1.54) is 6.20 Å². The number of likely N-dealkylation sites (tertiary alicyclic amines) is 1. The summed E-state index contributed by atoms with van der Waals surface area (Å²) in [7, 11) is -1.92. The van der Waals surface area contributed by atoms with E-state index in [-0.39, 0.29) is 35.3 Å². The summed E-state index contributed by atoms with van der Waals surface area (Å²) in [6.45, 7) is 17.9. The molecular formula is C31H45ClN6O4Si. The lowest BCUT2D eigenvalue weighted by Gasteiger charge is -2.36. The van der Waals surface area contributed by atoms with Gasteiger partial charge in [-0.3, -0.25) is 9.59 Å². The SMILES string of the molecule is CC(C)N1CCC(NC(=O)c2nc3c(OCCO[Si](C)(C)C(C)(C)C)cccc3n2CC(=O)Nc2ccc(Cl)cn2)CC1. The number of benzene rings is 1. The van der Waals surface area contributed by atoms with Crippen LogP contribution in [0.2, 0.25) is 23.2 Å². The second kappa shape index (κ2) is 13.8. The number of halogens is 1. The normalized spacial score (nSPS) is 15.2. The van der Waals surface area contributed by atoms with Crippen molar-refractivity contribution in [1.29, 1.82) is 0 Å². The maximum atomic E-state index is 13.6. The molecule has 3 aromatic rings. The number of imidazole rings is 1. The molecule has 2 aromatic heterocycles. The Bertz CT molecular complexity index is 1410. The summed E-state index contributed by atoms with van der Waals surface area (Å²) in [5.74, 6) is 0.405. The summed E-state index contributed by atoms with van der Waals surface area (Å²) in [6, 6.07) is 9.29. The molecule has 1 saturated heterocycles. The molecule has 1 aromatic carbocycles. The highest BCUT2D eigenvalue weighted by Gasteiger charge is 2.37. The van der Waals surface area contributed by atoms with E-state index in [0.29, 0.717) is 46.9 Å². The van der Waals surface area contributed by atoms with Gasteiger partial charge in [-0.25, -0.2) is 9.97 Å². The maximum absolute atomic E-state index is 13.6. The second-order valence-corrected chi connectivity index (χ2v) is 18.1. The Morgan fingerprint density at radius 1 is 1.12 bits per heavy atom. The molecule has 0 spiro atoms. The number of piperidine rings is 1. The van der Waals surface area contributed by atoms with Crippen LogP contribution in [0.15, 0.2) is 36.5 Å². The van der Waals surface area contributed by atoms with Crippen LogP contribution in [0.1, 0.15) is 58.1 Å². The highest BCUT2D eigenvalue weighted by atomic mass is 35.5. The first-order valence-corrected chi connectivity index (χ1v) is 18.3. The summed E-state index contributed by atoms with van der Waals surface area (Å²) < 4.78 is 14.0. The van der Waals surface area contributed by atoms with Crippen LogP contribution in [0, 0.1) is 0 Å². The molecule has 10 nitrogen and oxygen atoms in total. The van der Waals surface area contributed by atoms with Crippen LogP contribution >= 0.6 is 11.6 Å². The van der Waals surface area contributed by atoms with Gasteiger partial charge in [-0.15, -0.1) is 0 Å². The zero-order chi connectivity index (χ0) is 31.4. The van der Waals surface area contributed by atoms with Gasteiger partial charge in [0.25, 0.3) is 5.91 Å². The molecule has 3 heterocycles. The zero-order valence-corrected chi connectivity index (χ0v) is 28.1. The zero-order valence-electron chi connectivity index (χ0n) is 26.4. The van der Waals surface area contributed by atoms with E-state index < -0.39 is 8.32 Å². The average Bonchev–Trinajstić information content (AvgIpc) is 3.31. The Balaban J connectivity index is 1.55. The molecule has 2 N–H and O–H groups in total. The molecule has 1 aliphatic heterocycles. The number of rotatable bonds is 11. The lowest BCUT2D eigenvalue weighted by Crippen LogP contribution is -2.47. The Labute approximate surface area is 260 Å². The number of pyridine rings is 1. The number of aromatic nitrogens is 3. The third-order valence-electron chi connectivity index (χ3n) is 8.45. The Kier molecular flexibility index (Phi) is 10.5. The third-order valence-corrected chi connectivity index (χ3v) is 13.2. The number of fused-ring (bicyclic) bond motifs is 1. The summed E-state index contributed by atoms with van der Waals surface area (Å²) >= 11 is 5.94. The number of carbonyl (C=O) groups excluding carboxylic acids is 2. The van der Waals surface area contributed by atoms with E-state index in [4.69, 9.17) is 25.7 Å². The molecule has 12 heteroatoms. The molecule has 0 aliphatic carbocycles. The average molecular weight is 629 g/mol. The fraction of sp³-hybridized carbons (Fsp3) is 0.548. The second-order valence-electron chi connectivity index (χ2n) is 12.9. The van der Waals surface area contributed by atoms with Gasteiger partial charge >= 0.3 is 0 Å². The van der Waals surface area contributed by atoms with Gasteiger partial charge in [0, 0.05) is 31.4 Å². The van der Waals surface area contributed by atoms with Crippen molar-refractivity contribution in [2.75, 3.05) is 31.6 Å². The van der Waals surface area contributed by atoms with Crippen LogP contribution in [-0.4, -0.2) is 78.0 Å². The number of hydrogen-bond donors (Lipinski definition) is 2. The molecule has 4 rings (SSSR count). The van der Waals surface area contributed by atoms with Crippen molar-refractivity contribution in [2.24, 2.45) is 0 Å². The van der Waals surface area contributed by atoms with Gasteiger partial charge in [0.1, 0.15) is 30.2 Å². The number of nitrogens with one attached hydrogen (secondary N) is 2. The van der Waals surface area contributed by atoms with Crippen LogP contribution in [0.3, 0.4) is 0 Å². The fourth-order valence-corrected chi connectivity index (χ4v) is 5.96. The number of hydrogen-bond acceptors (Lipinski definition) is 7. The molecule has 0 saturated carbocycles. The van der Waals surface area contributed by atoms with E-state index >= 15 is 0 Å². The first-order chi connectivity index (χ1) is 20.2. The van der Waals surface area contributed by atoms with E-state index in [0.717, 1.165) is 25.9 Å². The lowest BCUT2D eigenvalue weighted by atomic mass is 10.0. The van der Waals surface area contributed by atoms with Crippen molar-refractivity contribution in [3.05, 3.63) is 47.4 Å². The standard InChI is InChI=1S/C31H45ClN6O4Si/c1-21(2)37-15-13-23(14-16-37)34-30(40)29-36-28-24(38(29)20-27(39)35-26-12-11-22(32)19-33-26)9-8-10-25(28)41-17-18-42-43(6,7)31(3,4)5/h8-12,19,21,23H,13-18,20H2,1-7H3,(H,34,40)(H,33,35,39). The Hall–Kier alpha value is -2.99. The van der Waals surface area contributed by atoms with Crippen LogP contribution in [-0.2, 0) is 15.8 Å². The molecular weight excluding hydrogens is 584 g/mol. The van der Waals surface area contributed by atoms with Crippen molar-refractivity contribution in [2.45, 2.75) is 84.2 Å². The molecule has 234 valence electrons. The molecule has 43 heavy (non-hydrogen) atoms. The largest absolute Gasteiger partial charge is 0.489 e. The van der Waals surface area contributed by atoms with Crippen molar-refractivity contribution in [3.8, 4) is 5.75 Å². The molecule has 0 radical (unpaired) electrons. The monoisotopic (exact) mass is 628 g/mol. The van der Waals surface area contributed by atoms with Crippen molar-refractivity contribution >= 4 is 48.6 Å². The van der Waals surface area contributed by atoms with Crippen LogP contribution in [0.5, 0.6) is 5.75 Å². The van der Waals surface area contributed by atoms with Crippen LogP contribution in [0.25, 0.3) is 11.0 Å². The molecule has 1 fully saturated rings. The van der Waals surface area contributed by atoms with Crippen LogP contribution in [0.4, 0.5) is 5.82 Å². The topological polar surface area (TPSA) is 111 Å². The van der Waals surface area contributed by atoms with E-state index in [1.807, 2.05) is 18.2 Å². The van der Waals surface area contributed by atoms with Gasteiger partial charge in [-0.05, 0) is 69.1 Å². The summed E-state index contributed by atoms with van der Waals surface area (Å²) in [5, 5.41) is 6.51. The van der Waals surface area contributed by atoms with E-state index in [2.05, 4.69) is 68.2 Å². The maximum Gasteiger partial charge on any atom is 0.287 e. The highest BCUT2D eigenvalue weighted by molar-refractivity contribution is 6.74. The van der Waals surface area contributed by atoms with Crippen molar-refractivity contribution in [3.63, 3.8) is 0 Å². The number of nitrogens with zero attached hydrogens (tertiary/aromatic N) is 4. The van der Waals surface area contributed by atoms with Gasteiger partial charge in [0.05, 0.1) is 17.1 Å². The van der Waals surface area contributed by atoms with Crippen molar-refractivity contribution < 1.29 is 18.8 Å². The molecule has 0 atom stereocenters. The van der Waals surface area contributed by atoms with Crippen molar-refractivity contribution in [1.82, 2.24) is 24.8 Å². The number of anilines is 1. The first-order valence-electron chi connectivity index (χ1n) is 15.0. The molecule has 2 amide bonds. The minimum atomic E-state index is -1.92. The number of para-hydroxylation sites is 1. The number of carbonyl (C=O) groups is 2. The van der Waals surface area contributed by atoms with E-state index in [1.54, 1.807) is 16.7 Å². The van der Waals surface area contributed by atoms with Crippen LogP contribution < -0.4 is 15.4 Å². The van der Waals surface area contributed by atoms with Gasteiger partial charge in [0.15, 0.2) is 8.32 Å².